The number of hydrogen-bond donors (Lipinski definition) is 4. The second kappa shape index (κ2) is 27.8. The van der Waals surface area contributed by atoms with Gasteiger partial charge in [-0.1, -0.05) is 78.5 Å². The lowest BCUT2D eigenvalue weighted by atomic mass is 9.91. The van der Waals surface area contributed by atoms with Gasteiger partial charge in [0.1, 0.15) is 41.6 Å². The third-order valence-corrected chi connectivity index (χ3v) is 15.1. The van der Waals surface area contributed by atoms with Gasteiger partial charge in [-0.15, -0.1) is 0 Å². The van der Waals surface area contributed by atoms with E-state index in [0.717, 1.165) is 64.6 Å². The van der Waals surface area contributed by atoms with E-state index in [1.807, 2.05) is 63.3 Å². The van der Waals surface area contributed by atoms with Crippen molar-refractivity contribution in [3.63, 3.8) is 0 Å². The molecule has 0 saturated carbocycles. The van der Waals surface area contributed by atoms with Crippen molar-refractivity contribution in [2.75, 3.05) is 37.1 Å². The zero-order valence-electron chi connectivity index (χ0n) is 48.7. The molecule has 2 saturated heterocycles. The summed E-state index contributed by atoms with van der Waals surface area (Å²) in [4.78, 5) is 83.8. The molecule has 4 N–H and O–H groups in total. The number of para-hydroxylation sites is 1. The smallest absolute Gasteiger partial charge is 0.330 e. The normalized spacial score (nSPS) is 20.9. The molecule has 4 heterocycles. The summed E-state index contributed by atoms with van der Waals surface area (Å²) in [6.07, 6.45) is 12.0. The number of aryl methyl sites for hydroxylation is 2. The van der Waals surface area contributed by atoms with E-state index in [1.54, 1.807) is 19.9 Å². The third kappa shape index (κ3) is 14.3. The summed E-state index contributed by atoms with van der Waals surface area (Å²) in [6, 6.07) is 13.9. The Morgan fingerprint density at radius 2 is 1.17 bits per heavy atom. The van der Waals surface area contributed by atoms with Gasteiger partial charge in [-0.3, -0.25) is 38.3 Å². The highest BCUT2D eigenvalue weighted by Gasteiger charge is 2.40. The van der Waals surface area contributed by atoms with Gasteiger partial charge in [-0.2, -0.15) is 0 Å². The van der Waals surface area contributed by atoms with Crippen molar-refractivity contribution in [3.05, 3.63) is 177 Å². The van der Waals surface area contributed by atoms with Gasteiger partial charge in [0.05, 0.1) is 32.5 Å². The molecule has 3 aromatic carbocycles. The fraction of sp³-hybridized carbons (Fsp3) is 0.469. The van der Waals surface area contributed by atoms with Crippen molar-refractivity contribution < 1.29 is 38.0 Å². The van der Waals surface area contributed by atoms with Crippen LogP contribution in [0.3, 0.4) is 0 Å². The van der Waals surface area contributed by atoms with Crippen LogP contribution in [-0.4, -0.2) is 69.6 Å². The Bertz CT molecular complexity index is 3440. The van der Waals surface area contributed by atoms with E-state index in [-0.39, 0.29) is 36.2 Å². The monoisotopic (exact) mass is 1120 g/mol. The maximum atomic E-state index is 14.5. The SMILES string of the molecule is C=C/C=C1Cc2cc(NC(=O)[C@H]3O[C@@H](n4cc(C)c(=O)[nH]c4=O)C[C@@H]3C)cc(c2OCCC)Cc2cccc(c2OCCC)Cc2cc(NC(=O)C[C@H]3C[C@H](n4cc(C)c(=O)[nH]c4=O)O[C@@H]3CC)cc(c2OCCC)C/C=C/1OCCC. The van der Waals surface area contributed by atoms with Crippen molar-refractivity contribution >= 4 is 23.2 Å². The number of carbonyl (C=O) groups is 2. The van der Waals surface area contributed by atoms with Gasteiger partial charge in [0.2, 0.25) is 5.91 Å². The van der Waals surface area contributed by atoms with E-state index in [4.69, 9.17) is 28.4 Å². The van der Waals surface area contributed by atoms with Crippen molar-refractivity contribution in [1.29, 1.82) is 0 Å². The minimum atomic E-state index is -0.913. The molecule has 1 aliphatic carbocycles. The van der Waals surface area contributed by atoms with E-state index in [0.29, 0.717) is 117 Å². The van der Waals surface area contributed by atoms with Gasteiger partial charge >= 0.3 is 11.4 Å². The number of allylic oxidation sites excluding steroid dienone is 4. The number of fused-ring (bicyclic) bond motifs is 6. The Hall–Kier alpha value is -7.70. The molecule has 6 atom stereocenters. The van der Waals surface area contributed by atoms with E-state index < -0.39 is 41.1 Å². The fourth-order valence-electron chi connectivity index (χ4n) is 11.1. The van der Waals surface area contributed by atoms with Gasteiger partial charge in [0.25, 0.3) is 17.0 Å². The lowest BCUT2D eigenvalue weighted by Gasteiger charge is -2.24. The second-order valence-corrected chi connectivity index (χ2v) is 21.7. The number of amides is 2. The lowest BCUT2D eigenvalue weighted by molar-refractivity contribution is -0.130. The molecule has 0 radical (unpaired) electrons. The number of aromatic nitrogens is 4. The zero-order chi connectivity index (χ0) is 58.6. The van der Waals surface area contributed by atoms with Crippen molar-refractivity contribution in [1.82, 2.24) is 19.1 Å². The number of nitrogens with one attached hydrogen (secondary N) is 4. The minimum absolute atomic E-state index is 0.135. The molecule has 2 aromatic heterocycles. The molecule has 438 valence electrons. The van der Waals surface area contributed by atoms with Crippen LogP contribution in [0.5, 0.6) is 17.2 Å². The number of aromatic amines is 2. The molecule has 8 rings (SSSR count). The Morgan fingerprint density at radius 1 is 0.671 bits per heavy atom. The van der Waals surface area contributed by atoms with Crippen LogP contribution in [-0.2, 0) is 49.5 Å². The summed E-state index contributed by atoms with van der Waals surface area (Å²) in [6.45, 7) is 21.2. The summed E-state index contributed by atoms with van der Waals surface area (Å²) >= 11 is 0. The van der Waals surface area contributed by atoms with Crippen LogP contribution in [0, 0.1) is 25.7 Å². The highest BCUT2D eigenvalue weighted by Crippen LogP contribution is 2.41. The highest BCUT2D eigenvalue weighted by molar-refractivity contribution is 5.95. The van der Waals surface area contributed by atoms with E-state index in [9.17, 15) is 28.8 Å². The molecule has 2 fully saturated rings. The predicted molar refractivity (Wildman–Crippen MR) is 316 cm³/mol. The first-order valence-corrected chi connectivity index (χ1v) is 29.1. The van der Waals surface area contributed by atoms with Gasteiger partial charge in [-0.25, -0.2) is 9.59 Å². The second-order valence-electron chi connectivity index (χ2n) is 21.7. The van der Waals surface area contributed by atoms with Crippen LogP contribution in [0.1, 0.15) is 150 Å². The average Bonchev–Trinajstić information content (AvgIpc) is 4.22. The molecular weight excluding hydrogens is 1040 g/mol. The lowest BCUT2D eigenvalue weighted by Crippen LogP contribution is -2.35. The number of anilines is 2. The Kier molecular flexibility index (Phi) is 20.5. The van der Waals surface area contributed by atoms with Crippen LogP contribution in [0.4, 0.5) is 11.4 Å². The van der Waals surface area contributed by atoms with Gasteiger partial charge in [-0.05, 0) is 124 Å². The zero-order valence-corrected chi connectivity index (χ0v) is 48.7. The maximum Gasteiger partial charge on any atom is 0.330 e. The largest absolute Gasteiger partial charge is 0.494 e. The number of hydrogen-bond acceptors (Lipinski definition) is 12. The van der Waals surface area contributed by atoms with Crippen molar-refractivity contribution in [3.8, 4) is 17.2 Å². The molecule has 0 unspecified atom stereocenters. The van der Waals surface area contributed by atoms with E-state index in [1.165, 1.54) is 21.5 Å². The molecule has 2 amide bonds. The number of benzene rings is 3. The average molecular weight is 1130 g/mol. The van der Waals surface area contributed by atoms with Crippen LogP contribution >= 0.6 is 0 Å². The summed E-state index contributed by atoms with van der Waals surface area (Å²) in [7, 11) is 0. The topological polar surface area (TPSA) is 223 Å². The Morgan fingerprint density at radius 3 is 1.72 bits per heavy atom. The number of carbonyl (C=O) groups excluding carboxylic acids is 2. The maximum absolute atomic E-state index is 14.5. The number of rotatable bonds is 21. The van der Waals surface area contributed by atoms with Crippen molar-refractivity contribution in [2.45, 2.75) is 157 Å². The summed E-state index contributed by atoms with van der Waals surface area (Å²) in [5.41, 5.74) is 5.63. The minimum Gasteiger partial charge on any atom is -0.494 e. The summed E-state index contributed by atoms with van der Waals surface area (Å²) in [5.74, 6) is 1.63. The van der Waals surface area contributed by atoms with Gasteiger partial charge in [0.15, 0.2) is 0 Å². The molecule has 18 nitrogen and oxygen atoms in total. The third-order valence-electron chi connectivity index (χ3n) is 15.1. The predicted octanol–water partition coefficient (Wildman–Crippen LogP) is 9.98. The van der Waals surface area contributed by atoms with Crippen molar-refractivity contribution in [2.24, 2.45) is 11.8 Å². The standard InChI is InChI=1S/C64H80N6O12/c1-10-17-41-27-46-32-50(66-62(74)56-38(7)26-54(82-56)69-36-39(8)60(72)67-63(69)75)33-48(59(46)80-25-14-5)29-43-19-16-18-42(57(43)78-23-12-3)28-47-31-49(30-44(58(47)79-24-13-4)20-21-52(41)77-22-11-2)65-53(71)34-45-35-55(81-51(45)15-6)70-37-40(9)61(73)68-64(70)76/h10,16-19,21,30-33,36-38,45,51,54-56H,1,11-15,20,22-29,34-35H2,2-9H3,(H,65,71)(H,66,74)(H,67,72,75)(H,68,73,76)/b41-17-,52-21-/t38-,45-,51+,54+,55+,56-/m0/s1. The fourth-order valence-corrected chi connectivity index (χ4v) is 11.1. The summed E-state index contributed by atoms with van der Waals surface area (Å²) < 4.78 is 42.3. The number of ether oxygens (including phenoxy) is 6. The molecule has 2 aliphatic heterocycles. The van der Waals surface area contributed by atoms with E-state index >= 15 is 0 Å². The first-order chi connectivity index (χ1) is 39.6. The molecule has 0 spiro atoms. The molecule has 6 bridgehead atoms. The van der Waals surface area contributed by atoms with Gasteiger partial charge in [0, 0.05) is 82.8 Å². The molecule has 18 heteroatoms. The van der Waals surface area contributed by atoms with Crippen LogP contribution < -0.4 is 47.3 Å². The van der Waals surface area contributed by atoms with E-state index in [2.05, 4.69) is 60.1 Å². The first-order valence-electron chi connectivity index (χ1n) is 29.1. The number of nitrogens with zero attached hydrogens (tertiary/aromatic N) is 2. The summed E-state index contributed by atoms with van der Waals surface area (Å²) in [5, 5.41) is 6.43. The first kappa shape index (κ1) is 60.4. The highest BCUT2D eigenvalue weighted by atomic mass is 16.5. The Labute approximate surface area is 478 Å². The Balaban J connectivity index is 1.21. The molecule has 5 aromatic rings. The van der Waals surface area contributed by atoms with Crippen LogP contribution in [0.2, 0.25) is 0 Å². The van der Waals surface area contributed by atoms with Crippen LogP contribution in [0.15, 0.2) is 110 Å². The van der Waals surface area contributed by atoms with Gasteiger partial charge < -0.3 is 39.1 Å². The molecular formula is C64H80N6O12. The molecule has 82 heavy (non-hydrogen) atoms. The van der Waals surface area contributed by atoms with Crippen LogP contribution in [0.25, 0.3) is 0 Å². The molecule has 3 aliphatic rings. The quantitative estimate of drug-likeness (QED) is 0.0539. The number of H-pyrrole nitrogens is 2.